The van der Waals surface area contributed by atoms with E-state index in [1.165, 1.54) is 11.9 Å². The number of halogens is 1. The molecular weight excluding hydrogens is 234 g/mol. The number of nitrogens with zero attached hydrogens (tertiary/aromatic N) is 1. The van der Waals surface area contributed by atoms with Gasteiger partial charge >= 0.3 is 6.09 Å². The van der Waals surface area contributed by atoms with Crippen LogP contribution in [0.2, 0.25) is 0 Å². The molecule has 0 saturated carbocycles. The molecule has 0 aromatic heterocycles. The first-order valence-electron chi connectivity index (χ1n) is 3.75. The Bertz CT molecular complexity index is 338. The van der Waals surface area contributed by atoms with E-state index in [9.17, 15) is 4.79 Å². The summed E-state index contributed by atoms with van der Waals surface area (Å²) in [6.07, 6.45) is -0.953. The van der Waals surface area contributed by atoms with Crippen LogP contribution in [0.5, 0.6) is 0 Å². The highest BCUT2D eigenvalue weighted by Crippen LogP contribution is 2.22. The fourth-order valence-corrected chi connectivity index (χ4v) is 1.57. The van der Waals surface area contributed by atoms with E-state index >= 15 is 0 Å². The molecule has 0 atom stereocenters. The summed E-state index contributed by atoms with van der Waals surface area (Å²) in [7, 11) is 1.53. The van der Waals surface area contributed by atoms with Crippen molar-refractivity contribution in [2.45, 2.75) is 6.92 Å². The quantitative estimate of drug-likeness (QED) is 0.825. The summed E-state index contributed by atoms with van der Waals surface area (Å²) < 4.78 is 0.951. The van der Waals surface area contributed by atoms with Gasteiger partial charge in [0.1, 0.15) is 0 Å². The molecule has 0 aliphatic rings. The molecule has 1 N–H and O–H groups in total. The second kappa shape index (κ2) is 3.79. The van der Waals surface area contributed by atoms with E-state index in [0.29, 0.717) is 5.69 Å². The fraction of sp³-hybridized carbons (Fsp3) is 0.222. The van der Waals surface area contributed by atoms with Gasteiger partial charge in [-0.1, -0.05) is 15.9 Å². The Morgan fingerprint density at radius 2 is 2.15 bits per heavy atom. The van der Waals surface area contributed by atoms with Gasteiger partial charge < -0.3 is 5.11 Å². The molecule has 0 aliphatic heterocycles. The molecule has 70 valence electrons. The molecule has 0 bridgehead atoms. The van der Waals surface area contributed by atoms with E-state index in [2.05, 4.69) is 15.9 Å². The zero-order valence-electron chi connectivity index (χ0n) is 7.41. The van der Waals surface area contributed by atoms with E-state index in [0.717, 1.165) is 10.0 Å². The zero-order valence-corrected chi connectivity index (χ0v) is 9.00. The van der Waals surface area contributed by atoms with Crippen molar-refractivity contribution in [3.05, 3.63) is 28.2 Å². The van der Waals surface area contributed by atoms with Gasteiger partial charge in [0.05, 0.1) is 0 Å². The van der Waals surface area contributed by atoms with Crippen molar-refractivity contribution in [1.29, 1.82) is 0 Å². The van der Waals surface area contributed by atoms with Crippen LogP contribution in [0, 0.1) is 6.92 Å². The summed E-state index contributed by atoms with van der Waals surface area (Å²) in [6, 6.07) is 5.48. The van der Waals surface area contributed by atoms with Crippen molar-refractivity contribution >= 4 is 27.7 Å². The van der Waals surface area contributed by atoms with E-state index in [1.54, 1.807) is 6.07 Å². The van der Waals surface area contributed by atoms with Crippen LogP contribution in [0.15, 0.2) is 22.7 Å². The first-order chi connectivity index (χ1) is 6.02. The van der Waals surface area contributed by atoms with Gasteiger partial charge in [0.15, 0.2) is 0 Å². The third kappa shape index (κ3) is 2.21. The van der Waals surface area contributed by atoms with Crippen LogP contribution in [-0.4, -0.2) is 18.2 Å². The van der Waals surface area contributed by atoms with Gasteiger partial charge in [-0.25, -0.2) is 4.79 Å². The van der Waals surface area contributed by atoms with Gasteiger partial charge in [0.25, 0.3) is 0 Å². The van der Waals surface area contributed by atoms with Crippen LogP contribution in [0.25, 0.3) is 0 Å². The minimum Gasteiger partial charge on any atom is -0.465 e. The average molecular weight is 244 g/mol. The summed E-state index contributed by atoms with van der Waals surface area (Å²) in [4.78, 5) is 11.8. The largest absolute Gasteiger partial charge is 0.465 e. The van der Waals surface area contributed by atoms with Crippen LogP contribution < -0.4 is 4.90 Å². The molecule has 0 saturated heterocycles. The number of hydrogen-bond acceptors (Lipinski definition) is 1. The van der Waals surface area contributed by atoms with E-state index < -0.39 is 6.09 Å². The van der Waals surface area contributed by atoms with E-state index in [-0.39, 0.29) is 0 Å². The molecule has 1 aromatic carbocycles. The molecule has 0 heterocycles. The Morgan fingerprint density at radius 3 is 2.62 bits per heavy atom. The second-order valence-electron chi connectivity index (χ2n) is 2.77. The summed E-state index contributed by atoms with van der Waals surface area (Å²) in [5.74, 6) is 0. The number of rotatable bonds is 1. The smallest absolute Gasteiger partial charge is 0.411 e. The summed E-state index contributed by atoms with van der Waals surface area (Å²) in [6.45, 7) is 1.87. The Morgan fingerprint density at radius 1 is 1.54 bits per heavy atom. The molecule has 0 aliphatic carbocycles. The van der Waals surface area contributed by atoms with Gasteiger partial charge in [-0.05, 0) is 30.7 Å². The van der Waals surface area contributed by atoms with E-state index in [4.69, 9.17) is 5.11 Å². The third-order valence-corrected chi connectivity index (χ3v) is 2.30. The SMILES string of the molecule is Cc1cc(Br)ccc1N(C)C(=O)O. The van der Waals surface area contributed by atoms with Crippen LogP contribution >= 0.6 is 15.9 Å². The van der Waals surface area contributed by atoms with Crippen LogP contribution in [0.4, 0.5) is 10.5 Å². The third-order valence-electron chi connectivity index (χ3n) is 1.81. The van der Waals surface area contributed by atoms with Crippen molar-refractivity contribution in [3.63, 3.8) is 0 Å². The first kappa shape index (κ1) is 10.1. The van der Waals surface area contributed by atoms with Gasteiger partial charge in [-0.2, -0.15) is 0 Å². The Balaban J connectivity index is 3.08. The number of anilines is 1. The fourth-order valence-electron chi connectivity index (χ4n) is 1.10. The number of amides is 1. The monoisotopic (exact) mass is 243 g/mol. The molecule has 1 rings (SSSR count). The average Bonchev–Trinajstić information content (AvgIpc) is 2.03. The Hall–Kier alpha value is -1.03. The number of aryl methyl sites for hydroxylation is 1. The standard InChI is InChI=1S/C9H10BrNO2/c1-6-5-7(10)3-4-8(6)11(2)9(12)13/h3-5H,1-2H3,(H,12,13). The van der Waals surface area contributed by atoms with Gasteiger partial charge in [0, 0.05) is 17.2 Å². The van der Waals surface area contributed by atoms with Crippen molar-refractivity contribution in [2.24, 2.45) is 0 Å². The lowest BCUT2D eigenvalue weighted by molar-refractivity contribution is 0.203. The molecule has 1 amide bonds. The predicted octanol–water partition coefficient (Wildman–Crippen LogP) is 2.87. The number of carbonyl (C=O) groups is 1. The van der Waals surface area contributed by atoms with Gasteiger partial charge in [0.2, 0.25) is 0 Å². The van der Waals surface area contributed by atoms with Crippen molar-refractivity contribution < 1.29 is 9.90 Å². The number of carboxylic acid groups (broad SMARTS) is 1. The molecule has 0 radical (unpaired) electrons. The lowest BCUT2D eigenvalue weighted by Crippen LogP contribution is -2.24. The topological polar surface area (TPSA) is 40.5 Å². The number of benzene rings is 1. The van der Waals surface area contributed by atoms with Gasteiger partial charge in [-0.3, -0.25) is 4.90 Å². The minimum absolute atomic E-state index is 0.704. The predicted molar refractivity (Wildman–Crippen MR) is 55.3 cm³/mol. The first-order valence-corrected chi connectivity index (χ1v) is 4.54. The molecular formula is C9H10BrNO2. The maximum Gasteiger partial charge on any atom is 0.411 e. The normalized spacial score (nSPS) is 9.77. The van der Waals surface area contributed by atoms with Crippen molar-refractivity contribution in [1.82, 2.24) is 0 Å². The lowest BCUT2D eigenvalue weighted by atomic mass is 10.2. The highest BCUT2D eigenvalue weighted by atomic mass is 79.9. The number of hydrogen-bond donors (Lipinski definition) is 1. The lowest BCUT2D eigenvalue weighted by Gasteiger charge is -2.15. The van der Waals surface area contributed by atoms with Crippen LogP contribution in [-0.2, 0) is 0 Å². The maximum absolute atomic E-state index is 10.7. The molecule has 0 unspecified atom stereocenters. The van der Waals surface area contributed by atoms with Crippen molar-refractivity contribution in [3.8, 4) is 0 Å². The molecule has 0 spiro atoms. The Labute approximate surface area is 85.1 Å². The Kier molecular flexibility index (Phi) is 2.93. The molecule has 0 fully saturated rings. The zero-order chi connectivity index (χ0) is 10.0. The van der Waals surface area contributed by atoms with Crippen LogP contribution in [0.1, 0.15) is 5.56 Å². The summed E-state index contributed by atoms with van der Waals surface area (Å²) in [5, 5.41) is 8.74. The second-order valence-corrected chi connectivity index (χ2v) is 3.69. The van der Waals surface area contributed by atoms with E-state index in [1.807, 2.05) is 19.1 Å². The molecule has 3 nitrogen and oxygen atoms in total. The highest BCUT2D eigenvalue weighted by molar-refractivity contribution is 9.10. The van der Waals surface area contributed by atoms with Crippen molar-refractivity contribution in [2.75, 3.05) is 11.9 Å². The highest BCUT2D eigenvalue weighted by Gasteiger charge is 2.10. The van der Waals surface area contributed by atoms with Crippen LogP contribution in [0.3, 0.4) is 0 Å². The molecule has 1 aromatic rings. The summed E-state index contributed by atoms with van der Waals surface area (Å²) in [5.41, 5.74) is 1.63. The molecule has 4 heteroatoms. The minimum atomic E-state index is -0.953. The molecule has 13 heavy (non-hydrogen) atoms. The maximum atomic E-state index is 10.7. The summed E-state index contributed by atoms with van der Waals surface area (Å²) >= 11 is 3.32. The van der Waals surface area contributed by atoms with Gasteiger partial charge in [-0.15, -0.1) is 0 Å².